The highest BCUT2D eigenvalue weighted by Gasteiger charge is 2.20. The van der Waals surface area contributed by atoms with E-state index < -0.39 is 16.0 Å². The lowest BCUT2D eigenvalue weighted by Gasteiger charge is -2.06. The van der Waals surface area contributed by atoms with Gasteiger partial charge in [0.05, 0.1) is 12.7 Å². The standard InChI is InChI=1S/C18H15NO4S/c1-23-18(20)15-7-4-8-16(11-15)19-24(21,22)17-10-9-13-5-2-3-6-14(13)12-17/h2-12,19H,1H3/p+1. The van der Waals surface area contributed by atoms with Crippen molar-refractivity contribution in [3.8, 4) is 0 Å². The highest BCUT2D eigenvalue weighted by Crippen LogP contribution is 2.18. The summed E-state index contributed by atoms with van der Waals surface area (Å²) in [5.41, 5.74) is 0.728. The number of primary sulfonamides is 1. The number of sulfonamides is 1. The zero-order chi connectivity index (χ0) is 17.2. The number of ether oxygens (including phenoxy) is 1. The van der Waals surface area contributed by atoms with Crippen molar-refractivity contribution < 1.29 is 22.7 Å². The smallest absolute Gasteiger partial charge is 0.338 e. The van der Waals surface area contributed by atoms with Gasteiger partial charge in [0.15, 0.2) is 0 Å². The Balaban J connectivity index is 1.94. The van der Waals surface area contributed by atoms with Gasteiger partial charge in [-0.3, -0.25) is 0 Å². The first-order chi connectivity index (χ1) is 11.5. The van der Waals surface area contributed by atoms with Gasteiger partial charge in [0.2, 0.25) is 0 Å². The minimum absolute atomic E-state index is 0.213. The molecule has 0 aliphatic heterocycles. The Morgan fingerprint density at radius 1 is 0.917 bits per heavy atom. The van der Waals surface area contributed by atoms with Gasteiger partial charge in [0, 0.05) is 12.1 Å². The van der Waals surface area contributed by atoms with Gasteiger partial charge >= 0.3 is 16.0 Å². The average molecular weight is 342 g/mol. The Bertz CT molecular complexity index is 1010. The summed E-state index contributed by atoms with van der Waals surface area (Å²) < 4.78 is 31.1. The number of rotatable bonds is 4. The summed E-state index contributed by atoms with van der Waals surface area (Å²) in [6.07, 6.45) is 0. The molecule has 0 amide bonds. The van der Waals surface area contributed by atoms with Crippen LogP contribution in [0.1, 0.15) is 10.4 Å². The van der Waals surface area contributed by atoms with Gasteiger partial charge in [0.1, 0.15) is 10.6 Å². The molecular weight excluding hydrogens is 326 g/mol. The molecule has 3 aromatic carbocycles. The van der Waals surface area contributed by atoms with Crippen LogP contribution in [0.3, 0.4) is 0 Å². The fourth-order valence-electron chi connectivity index (χ4n) is 2.45. The number of fused-ring (bicyclic) bond motifs is 1. The summed E-state index contributed by atoms with van der Waals surface area (Å²) in [5.74, 6) is -0.506. The summed E-state index contributed by atoms with van der Waals surface area (Å²) in [6.45, 7) is 0. The summed E-state index contributed by atoms with van der Waals surface area (Å²) in [4.78, 5) is 11.8. The molecule has 0 bridgehead atoms. The zero-order valence-electron chi connectivity index (χ0n) is 13.0. The van der Waals surface area contributed by atoms with E-state index in [0.717, 1.165) is 15.5 Å². The first-order valence-electron chi connectivity index (χ1n) is 7.27. The second-order valence-corrected chi connectivity index (χ2v) is 7.09. The first-order valence-corrected chi connectivity index (χ1v) is 8.81. The summed E-state index contributed by atoms with van der Waals surface area (Å²) in [7, 11) is -2.35. The Morgan fingerprint density at radius 2 is 1.67 bits per heavy atom. The van der Waals surface area contributed by atoms with Crippen LogP contribution in [-0.2, 0) is 14.8 Å². The molecule has 122 valence electrons. The number of quaternary nitrogens is 1. The number of carbonyl (C=O) groups excluding carboxylic acids is 1. The van der Waals surface area contributed by atoms with Crippen molar-refractivity contribution in [2.75, 3.05) is 7.11 Å². The van der Waals surface area contributed by atoms with Crippen LogP contribution in [0.5, 0.6) is 0 Å². The third kappa shape index (κ3) is 3.29. The lowest BCUT2D eigenvalue weighted by Crippen LogP contribution is -2.81. The molecule has 0 spiro atoms. The fraction of sp³-hybridized carbons (Fsp3) is 0.0556. The molecule has 3 aromatic rings. The van der Waals surface area contributed by atoms with Gasteiger partial charge in [-0.2, -0.15) is 8.42 Å². The van der Waals surface area contributed by atoms with Gasteiger partial charge in [-0.25, -0.2) is 9.52 Å². The van der Waals surface area contributed by atoms with Crippen molar-refractivity contribution in [2.45, 2.75) is 4.90 Å². The number of nitrogens with two attached hydrogens (primary N) is 1. The summed E-state index contributed by atoms with van der Waals surface area (Å²) in [6, 6.07) is 18.9. The lowest BCUT2D eigenvalue weighted by molar-refractivity contribution is -0.397. The molecule has 2 N–H and O–H groups in total. The molecule has 0 aliphatic rings. The van der Waals surface area contributed by atoms with Crippen molar-refractivity contribution >= 4 is 32.5 Å². The maximum absolute atomic E-state index is 12.6. The fourth-order valence-corrected chi connectivity index (χ4v) is 3.64. The van der Waals surface area contributed by atoms with E-state index in [1.54, 1.807) is 36.4 Å². The van der Waals surface area contributed by atoms with Crippen molar-refractivity contribution in [1.29, 1.82) is 0 Å². The topological polar surface area (TPSA) is 77.0 Å². The van der Waals surface area contributed by atoms with Crippen molar-refractivity contribution in [2.24, 2.45) is 0 Å². The second kappa shape index (κ2) is 6.43. The van der Waals surface area contributed by atoms with Crippen molar-refractivity contribution in [3.63, 3.8) is 0 Å². The van der Waals surface area contributed by atoms with Crippen LogP contribution < -0.4 is 4.72 Å². The van der Waals surface area contributed by atoms with E-state index in [1.807, 2.05) is 24.3 Å². The number of benzene rings is 3. The normalized spacial score (nSPS) is 11.4. The van der Waals surface area contributed by atoms with Crippen LogP contribution in [0.25, 0.3) is 10.8 Å². The van der Waals surface area contributed by atoms with Crippen molar-refractivity contribution in [3.05, 3.63) is 72.3 Å². The molecule has 0 atom stereocenters. The molecule has 3 rings (SSSR count). The molecule has 24 heavy (non-hydrogen) atoms. The lowest BCUT2D eigenvalue weighted by atomic mass is 10.1. The predicted octanol–water partition coefficient (Wildman–Crippen LogP) is 2.21. The number of hydrogen-bond acceptors (Lipinski definition) is 4. The van der Waals surface area contributed by atoms with Crippen LogP contribution in [0.2, 0.25) is 0 Å². The molecule has 0 aromatic heterocycles. The van der Waals surface area contributed by atoms with Crippen LogP contribution in [0, 0.1) is 0 Å². The molecule has 0 radical (unpaired) electrons. The van der Waals surface area contributed by atoms with Crippen LogP contribution >= 0.6 is 0 Å². The molecule has 0 heterocycles. The quantitative estimate of drug-likeness (QED) is 0.582. The molecular formula is C18H16NO4S+. The molecule has 0 saturated heterocycles. The molecule has 0 aliphatic carbocycles. The number of esters is 1. The average Bonchev–Trinajstić information content (AvgIpc) is 2.60. The SMILES string of the molecule is COC(=O)c1cccc([NH2+]S(=O)(=O)c2ccc3ccccc3c2)c1. The maximum atomic E-state index is 12.6. The van der Waals surface area contributed by atoms with Crippen LogP contribution in [0.4, 0.5) is 5.69 Å². The highest BCUT2D eigenvalue weighted by atomic mass is 32.2. The van der Waals surface area contributed by atoms with Crippen molar-refractivity contribution in [1.82, 2.24) is 0 Å². The van der Waals surface area contributed by atoms with E-state index >= 15 is 0 Å². The van der Waals surface area contributed by atoms with E-state index in [0.29, 0.717) is 11.3 Å². The van der Waals surface area contributed by atoms with Gasteiger partial charge in [-0.05, 0) is 29.0 Å². The molecule has 5 nitrogen and oxygen atoms in total. The number of hydrogen-bond donors (Lipinski definition) is 1. The van der Waals surface area contributed by atoms with E-state index in [2.05, 4.69) is 4.74 Å². The third-order valence-electron chi connectivity index (χ3n) is 3.65. The van der Waals surface area contributed by atoms with E-state index in [1.165, 1.54) is 13.2 Å². The van der Waals surface area contributed by atoms with E-state index in [9.17, 15) is 13.2 Å². The summed E-state index contributed by atoms with van der Waals surface area (Å²) in [5, 5.41) is 1.83. The molecule has 0 saturated carbocycles. The minimum Gasteiger partial charge on any atom is -0.465 e. The molecule has 6 heteroatoms. The van der Waals surface area contributed by atoms with Gasteiger partial charge in [-0.1, -0.05) is 36.4 Å². The van der Waals surface area contributed by atoms with Crippen LogP contribution in [0.15, 0.2) is 71.6 Å². The third-order valence-corrected chi connectivity index (χ3v) is 5.14. The Morgan fingerprint density at radius 3 is 2.42 bits per heavy atom. The highest BCUT2D eigenvalue weighted by molar-refractivity contribution is 7.85. The van der Waals surface area contributed by atoms with Gasteiger partial charge in [-0.15, -0.1) is 0 Å². The Hall–Kier alpha value is -2.70. The Kier molecular flexibility index (Phi) is 4.33. The van der Waals surface area contributed by atoms with Gasteiger partial charge < -0.3 is 4.74 Å². The predicted molar refractivity (Wildman–Crippen MR) is 90.5 cm³/mol. The summed E-state index contributed by atoms with van der Waals surface area (Å²) >= 11 is 0. The number of carbonyl (C=O) groups is 1. The van der Waals surface area contributed by atoms with E-state index in [-0.39, 0.29) is 4.90 Å². The molecule has 0 fully saturated rings. The number of methoxy groups -OCH3 is 1. The largest absolute Gasteiger partial charge is 0.465 e. The van der Waals surface area contributed by atoms with Gasteiger partial charge in [0.25, 0.3) is 0 Å². The molecule has 0 unspecified atom stereocenters. The minimum atomic E-state index is -3.63. The second-order valence-electron chi connectivity index (χ2n) is 5.29. The monoisotopic (exact) mass is 342 g/mol. The maximum Gasteiger partial charge on any atom is 0.338 e. The first kappa shape index (κ1) is 16.2. The van der Waals surface area contributed by atoms with E-state index in [4.69, 9.17) is 0 Å². The van der Waals surface area contributed by atoms with Crippen LogP contribution in [-0.4, -0.2) is 21.5 Å². The zero-order valence-corrected chi connectivity index (χ0v) is 13.8. The Labute approximate surface area is 139 Å².